The average molecular weight is 222 g/mol. The summed E-state index contributed by atoms with van der Waals surface area (Å²) in [6.45, 7) is 8.04. The van der Waals surface area contributed by atoms with Gasteiger partial charge in [0.2, 0.25) is 0 Å². The van der Waals surface area contributed by atoms with E-state index in [9.17, 15) is 0 Å². The second-order valence-electron chi connectivity index (χ2n) is 4.76. The monoisotopic (exact) mass is 222 g/mol. The molecule has 16 heavy (non-hydrogen) atoms. The van der Waals surface area contributed by atoms with Crippen molar-refractivity contribution in [2.24, 2.45) is 0 Å². The molecule has 1 fully saturated rings. The molecule has 92 valence electrons. The molecule has 2 atom stereocenters. The maximum atomic E-state index is 5.45. The van der Waals surface area contributed by atoms with Crippen molar-refractivity contribution >= 4 is 0 Å². The lowest BCUT2D eigenvalue weighted by Crippen LogP contribution is -2.42. The van der Waals surface area contributed by atoms with Crippen LogP contribution in [0.2, 0.25) is 0 Å². The van der Waals surface area contributed by atoms with E-state index in [1.165, 1.54) is 38.8 Å². The molecule has 0 aromatic heterocycles. The van der Waals surface area contributed by atoms with E-state index in [0.717, 1.165) is 13.0 Å². The molecule has 0 aromatic carbocycles. The van der Waals surface area contributed by atoms with Gasteiger partial charge in [-0.05, 0) is 32.4 Å². The Morgan fingerprint density at radius 2 is 2.31 bits per heavy atom. The zero-order valence-electron chi connectivity index (χ0n) is 10.8. The van der Waals surface area contributed by atoms with Gasteiger partial charge in [0.05, 0.1) is 0 Å². The first-order chi connectivity index (χ1) is 7.81. The summed E-state index contributed by atoms with van der Waals surface area (Å²) in [6, 6.07) is 1.25. The SMILES string of the molecule is C#CCC(CC)N1CCCNC(CCC)C1. The van der Waals surface area contributed by atoms with E-state index in [2.05, 4.69) is 30.0 Å². The van der Waals surface area contributed by atoms with E-state index in [-0.39, 0.29) is 0 Å². The van der Waals surface area contributed by atoms with Gasteiger partial charge in [0.15, 0.2) is 0 Å². The molecule has 0 amide bonds. The minimum absolute atomic E-state index is 0.587. The zero-order chi connectivity index (χ0) is 11.8. The van der Waals surface area contributed by atoms with Crippen molar-refractivity contribution in [2.45, 2.75) is 58.0 Å². The summed E-state index contributed by atoms with van der Waals surface area (Å²) in [5, 5.41) is 3.64. The number of nitrogens with one attached hydrogen (secondary N) is 1. The third-order valence-electron chi connectivity index (χ3n) is 3.49. The molecule has 2 unspecified atom stereocenters. The predicted octanol–water partition coefficient (Wildman–Crippen LogP) is 2.25. The van der Waals surface area contributed by atoms with Crippen molar-refractivity contribution in [3.63, 3.8) is 0 Å². The van der Waals surface area contributed by atoms with Gasteiger partial charge in [0.25, 0.3) is 0 Å². The number of nitrogens with zero attached hydrogens (tertiary/aromatic N) is 1. The highest BCUT2D eigenvalue weighted by atomic mass is 15.2. The van der Waals surface area contributed by atoms with E-state index < -0.39 is 0 Å². The van der Waals surface area contributed by atoms with Crippen LogP contribution in [0, 0.1) is 12.3 Å². The maximum Gasteiger partial charge on any atom is 0.0242 e. The molecule has 0 spiro atoms. The van der Waals surface area contributed by atoms with Crippen LogP contribution in [0.5, 0.6) is 0 Å². The van der Waals surface area contributed by atoms with Crippen LogP contribution in [0.3, 0.4) is 0 Å². The second-order valence-corrected chi connectivity index (χ2v) is 4.76. The lowest BCUT2D eigenvalue weighted by Gasteiger charge is -2.30. The first-order valence-corrected chi connectivity index (χ1v) is 6.72. The van der Waals surface area contributed by atoms with Crippen molar-refractivity contribution < 1.29 is 0 Å². The summed E-state index contributed by atoms with van der Waals surface area (Å²) in [5.41, 5.74) is 0. The predicted molar refractivity (Wildman–Crippen MR) is 70.4 cm³/mol. The Hall–Kier alpha value is -0.520. The summed E-state index contributed by atoms with van der Waals surface area (Å²) in [5.74, 6) is 2.82. The van der Waals surface area contributed by atoms with E-state index in [0.29, 0.717) is 12.1 Å². The topological polar surface area (TPSA) is 15.3 Å². The Morgan fingerprint density at radius 1 is 1.50 bits per heavy atom. The fourth-order valence-electron chi connectivity index (χ4n) is 2.57. The van der Waals surface area contributed by atoms with Crippen LogP contribution < -0.4 is 5.32 Å². The van der Waals surface area contributed by atoms with Gasteiger partial charge in [-0.25, -0.2) is 0 Å². The fraction of sp³-hybridized carbons (Fsp3) is 0.857. The molecule has 1 aliphatic heterocycles. The van der Waals surface area contributed by atoms with Crippen LogP contribution in [0.4, 0.5) is 0 Å². The molecule has 2 nitrogen and oxygen atoms in total. The first kappa shape index (κ1) is 13.5. The quantitative estimate of drug-likeness (QED) is 0.718. The first-order valence-electron chi connectivity index (χ1n) is 6.72. The summed E-state index contributed by atoms with van der Waals surface area (Å²) >= 11 is 0. The number of hydrogen-bond acceptors (Lipinski definition) is 2. The molecular weight excluding hydrogens is 196 g/mol. The van der Waals surface area contributed by atoms with Crippen LogP contribution in [0.15, 0.2) is 0 Å². The van der Waals surface area contributed by atoms with Crippen molar-refractivity contribution in [1.82, 2.24) is 10.2 Å². The van der Waals surface area contributed by atoms with E-state index in [4.69, 9.17) is 6.42 Å². The minimum Gasteiger partial charge on any atom is -0.313 e. The Balaban J connectivity index is 2.52. The number of hydrogen-bond donors (Lipinski definition) is 1. The van der Waals surface area contributed by atoms with Gasteiger partial charge < -0.3 is 5.32 Å². The summed E-state index contributed by atoms with van der Waals surface area (Å²) in [4.78, 5) is 2.60. The molecule has 1 heterocycles. The van der Waals surface area contributed by atoms with Crippen molar-refractivity contribution in [3.8, 4) is 12.3 Å². The highest BCUT2D eigenvalue weighted by Crippen LogP contribution is 2.13. The molecule has 1 rings (SSSR count). The van der Waals surface area contributed by atoms with Crippen LogP contribution in [0.1, 0.15) is 46.0 Å². The fourth-order valence-corrected chi connectivity index (χ4v) is 2.57. The van der Waals surface area contributed by atoms with E-state index >= 15 is 0 Å². The maximum absolute atomic E-state index is 5.45. The highest BCUT2D eigenvalue weighted by Gasteiger charge is 2.21. The van der Waals surface area contributed by atoms with Crippen molar-refractivity contribution in [1.29, 1.82) is 0 Å². The standard InChI is InChI=1S/C14H26N2/c1-4-8-13-12-16(11-7-10-15-13)14(6-3)9-5-2/h2,13-15H,4,6-12H2,1,3H3. The summed E-state index contributed by atoms with van der Waals surface area (Å²) < 4.78 is 0. The molecule has 1 saturated heterocycles. The third kappa shape index (κ3) is 4.15. The smallest absolute Gasteiger partial charge is 0.0242 e. The Bertz CT molecular complexity index is 219. The molecule has 2 heteroatoms. The largest absolute Gasteiger partial charge is 0.313 e. The third-order valence-corrected chi connectivity index (χ3v) is 3.49. The van der Waals surface area contributed by atoms with E-state index in [1.807, 2.05) is 0 Å². The van der Waals surface area contributed by atoms with Gasteiger partial charge in [-0.3, -0.25) is 4.90 Å². The van der Waals surface area contributed by atoms with Crippen LogP contribution in [-0.2, 0) is 0 Å². The van der Waals surface area contributed by atoms with Crippen molar-refractivity contribution in [2.75, 3.05) is 19.6 Å². The van der Waals surface area contributed by atoms with Crippen LogP contribution >= 0.6 is 0 Å². The molecule has 0 radical (unpaired) electrons. The average Bonchev–Trinajstić information content (AvgIpc) is 2.52. The molecule has 0 bridgehead atoms. The molecule has 1 N–H and O–H groups in total. The van der Waals surface area contributed by atoms with Gasteiger partial charge >= 0.3 is 0 Å². The summed E-state index contributed by atoms with van der Waals surface area (Å²) in [6.07, 6.45) is 11.3. The van der Waals surface area contributed by atoms with Crippen molar-refractivity contribution in [3.05, 3.63) is 0 Å². The minimum atomic E-state index is 0.587. The second kappa shape index (κ2) is 7.70. The molecule has 1 aliphatic rings. The zero-order valence-corrected chi connectivity index (χ0v) is 10.8. The van der Waals surface area contributed by atoms with E-state index in [1.54, 1.807) is 0 Å². The molecule has 0 aliphatic carbocycles. The Morgan fingerprint density at radius 3 is 2.94 bits per heavy atom. The van der Waals surface area contributed by atoms with Gasteiger partial charge in [-0.2, -0.15) is 0 Å². The van der Waals surface area contributed by atoms with Gasteiger partial charge in [-0.15, -0.1) is 12.3 Å². The lowest BCUT2D eigenvalue weighted by atomic mass is 10.1. The lowest BCUT2D eigenvalue weighted by molar-refractivity contribution is 0.187. The Kier molecular flexibility index (Phi) is 6.52. The van der Waals surface area contributed by atoms with Gasteiger partial charge in [0, 0.05) is 25.0 Å². The van der Waals surface area contributed by atoms with Gasteiger partial charge in [-0.1, -0.05) is 20.3 Å². The summed E-state index contributed by atoms with van der Waals surface area (Å²) in [7, 11) is 0. The molecule has 0 saturated carbocycles. The van der Waals surface area contributed by atoms with Crippen LogP contribution in [-0.4, -0.2) is 36.6 Å². The van der Waals surface area contributed by atoms with Crippen LogP contribution in [0.25, 0.3) is 0 Å². The Labute approximate surface area is 101 Å². The number of rotatable bonds is 5. The molecule has 0 aromatic rings. The van der Waals surface area contributed by atoms with Gasteiger partial charge in [0.1, 0.15) is 0 Å². The molecular formula is C14H26N2. The number of terminal acetylenes is 1. The highest BCUT2D eigenvalue weighted by molar-refractivity contribution is 4.91. The normalized spacial score (nSPS) is 24.7.